The van der Waals surface area contributed by atoms with Crippen LogP contribution in [0.2, 0.25) is 0 Å². The predicted molar refractivity (Wildman–Crippen MR) is 76.1 cm³/mol. The van der Waals surface area contributed by atoms with Crippen molar-refractivity contribution in [1.82, 2.24) is 4.90 Å². The highest BCUT2D eigenvalue weighted by atomic mass is 19.1. The number of benzene rings is 1. The Bertz CT molecular complexity index is 540. The van der Waals surface area contributed by atoms with Gasteiger partial charge in [0.25, 0.3) is 0 Å². The van der Waals surface area contributed by atoms with Crippen molar-refractivity contribution >= 4 is 17.7 Å². The Balaban J connectivity index is 2.99. The number of methoxy groups -OCH3 is 1. The molecule has 0 fully saturated rings. The van der Waals surface area contributed by atoms with E-state index in [4.69, 9.17) is 9.84 Å². The van der Waals surface area contributed by atoms with Gasteiger partial charge in [-0.1, -0.05) is 0 Å². The third kappa shape index (κ3) is 4.62. The van der Waals surface area contributed by atoms with Gasteiger partial charge in [0, 0.05) is 11.6 Å². The molecule has 1 aromatic carbocycles. The Morgan fingerprint density at radius 1 is 1.38 bits per heavy atom. The van der Waals surface area contributed by atoms with E-state index in [9.17, 15) is 14.0 Å². The highest BCUT2D eigenvalue weighted by Gasteiger charge is 2.29. The van der Waals surface area contributed by atoms with E-state index in [0.717, 1.165) is 11.0 Å². The number of nitrogens with one attached hydrogen (secondary N) is 1. The average molecular weight is 298 g/mol. The Hall–Kier alpha value is -2.31. The number of aliphatic carboxylic acids is 1. The molecule has 1 rings (SSSR count). The van der Waals surface area contributed by atoms with Crippen LogP contribution in [0, 0.1) is 5.82 Å². The van der Waals surface area contributed by atoms with E-state index >= 15 is 0 Å². The summed E-state index contributed by atoms with van der Waals surface area (Å²) in [5.41, 5.74) is -0.418. The van der Waals surface area contributed by atoms with Gasteiger partial charge < -0.3 is 20.1 Å². The number of hydrogen-bond donors (Lipinski definition) is 2. The first-order valence-electron chi connectivity index (χ1n) is 6.29. The quantitative estimate of drug-likeness (QED) is 0.895. The van der Waals surface area contributed by atoms with Gasteiger partial charge in [0.1, 0.15) is 18.1 Å². The highest BCUT2D eigenvalue weighted by Crippen LogP contribution is 2.26. The normalized spacial score (nSPS) is 10.9. The van der Waals surface area contributed by atoms with Crippen LogP contribution < -0.4 is 10.1 Å². The van der Waals surface area contributed by atoms with Crippen molar-refractivity contribution in [3.63, 3.8) is 0 Å². The number of carboxylic acids is 1. The van der Waals surface area contributed by atoms with Crippen LogP contribution in [0.5, 0.6) is 5.75 Å². The van der Waals surface area contributed by atoms with Crippen LogP contribution in [0.1, 0.15) is 20.8 Å². The van der Waals surface area contributed by atoms with Crippen LogP contribution in [0.4, 0.5) is 14.9 Å². The second kappa shape index (κ2) is 6.43. The Labute approximate surface area is 122 Å². The summed E-state index contributed by atoms with van der Waals surface area (Å²) in [6.45, 7) is 4.71. The van der Waals surface area contributed by atoms with Gasteiger partial charge in [0.2, 0.25) is 0 Å². The number of anilines is 1. The largest absolute Gasteiger partial charge is 0.494 e. The van der Waals surface area contributed by atoms with Gasteiger partial charge in [-0.2, -0.15) is 0 Å². The molecular formula is C14H19FN2O4. The maximum Gasteiger partial charge on any atom is 0.323 e. The second-order valence-corrected chi connectivity index (χ2v) is 5.43. The first-order chi connectivity index (χ1) is 9.65. The zero-order chi connectivity index (χ0) is 16.2. The maximum atomic E-state index is 13.1. The molecule has 0 heterocycles. The molecule has 0 saturated heterocycles. The highest BCUT2D eigenvalue weighted by molar-refractivity contribution is 5.93. The number of urea groups is 1. The molecule has 0 aliphatic carbocycles. The van der Waals surface area contributed by atoms with Crippen LogP contribution in [0.15, 0.2) is 18.2 Å². The molecule has 0 aliphatic heterocycles. The monoisotopic (exact) mass is 298 g/mol. The van der Waals surface area contributed by atoms with Gasteiger partial charge in [-0.25, -0.2) is 9.18 Å². The van der Waals surface area contributed by atoms with E-state index in [0.29, 0.717) is 0 Å². The van der Waals surface area contributed by atoms with Gasteiger partial charge in [0.05, 0.1) is 12.8 Å². The Kier molecular flexibility index (Phi) is 5.12. The summed E-state index contributed by atoms with van der Waals surface area (Å²) in [6.07, 6.45) is 0. The maximum absolute atomic E-state index is 13.1. The molecule has 0 aromatic heterocycles. The van der Waals surface area contributed by atoms with Crippen molar-refractivity contribution in [3.05, 3.63) is 24.0 Å². The summed E-state index contributed by atoms with van der Waals surface area (Å²) < 4.78 is 18.1. The van der Waals surface area contributed by atoms with E-state index < -0.39 is 29.9 Å². The summed E-state index contributed by atoms with van der Waals surface area (Å²) in [5.74, 6) is -1.46. The van der Waals surface area contributed by atoms with Crippen LogP contribution in [-0.4, -0.2) is 41.2 Å². The number of ether oxygens (including phenoxy) is 1. The molecular weight excluding hydrogens is 279 g/mol. The summed E-state index contributed by atoms with van der Waals surface area (Å²) in [6, 6.07) is 3.06. The first-order valence-corrected chi connectivity index (χ1v) is 6.29. The third-order valence-corrected chi connectivity index (χ3v) is 2.75. The van der Waals surface area contributed by atoms with Crippen molar-refractivity contribution in [3.8, 4) is 5.75 Å². The predicted octanol–water partition coefficient (Wildman–Crippen LogP) is 2.55. The fourth-order valence-corrected chi connectivity index (χ4v) is 1.70. The van der Waals surface area contributed by atoms with E-state index in [-0.39, 0.29) is 11.4 Å². The molecule has 0 atom stereocenters. The van der Waals surface area contributed by atoms with Gasteiger partial charge >= 0.3 is 12.0 Å². The zero-order valence-corrected chi connectivity index (χ0v) is 12.4. The minimum Gasteiger partial charge on any atom is -0.494 e. The number of carbonyl (C=O) groups excluding carboxylic acids is 1. The van der Waals surface area contributed by atoms with Crippen molar-refractivity contribution in [2.24, 2.45) is 0 Å². The van der Waals surface area contributed by atoms with Crippen LogP contribution in [0.3, 0.4) is 0 Å². The standard InChI is InChI=1S/C14H19FN2O4/c1-14(2,3)17(8-12(18)19)13(20)16-10-6-5-9(15)7-11(10)21-4/h5-7H,8H2,1-4H3,(H,16,20)(H,18,19). The number of rotatable bonds is 4. The summed E-state index contributed by atoms with van der Waals surface area (Å²) >= 11 is 0. The van der Waals surface area contributed by atoms with Gasteiger partial charge in [0.15, 0.2) is 0 Å². The Morgan fingerprint density at radius 3 is 2.48 bits per heavy atom. The van der Waals surface area contributed by atoms with Crippen molar-refractivity contribution in [2.45, 2.75) is 26.3 Å². The first kappa shape index (κ1) is 16.7. The number of carbonyl (C=O) groups is 2. The van der Waals surface area contributed by atoms with Crippen LogP contribution >= 0.6 is 0 Å². The SMILES string of the molecule is COc1cc(F)ccc1NC(=O)N(CC(=O)O)C(C)(C)C. The van der Waals surface area contributed by atoms with E-state index in [1.165, 1.54) is 19.2 Å². The molecule has 2 N–H and O–H groups in total. The smallest absolute Gasteiger partial charge is 0.323 e. The topological polar surface area (TPSA) is 78.9 Å². The molecule has 7 heteroatoms. The molecule has 6 nitrogen and oxygen atoms in total. The minimum absolute atomic E-state index is 0.160. The molecule has 116 valence electrons. The lowest BCUT2D eigenvalue weighted by Gasteiger charge is -2.34. The number of nitrogens with zero attached hydrogens (tertiary/aromatic N) is 1. The molecule has 2 amide bonds. The summed E-state index contributed by atoms with van der Waals surface area (Å²) in [7, 11) is 1.35. The van der Waals surface area contributed by atoms with Gasteiger partial charge in [-0.3, -0.25) is 4.79 Å². The number of hydrogen-bond acceptors (Lipinski definition) is 3. The fourth-order valence-electron chi connectivity index (χ4n) is 1.70. The van der Waals surface area contributed by atoms with Crippen molar-refractivity contribution in [1.29, 1.82) is 0 Å². The van der Waals surface area contributed by atoms with E-state index in [1.807, 2.05) is 0 Å². The van der Waals surface area contributed by atoms with Crippen LogP contribution in [-0.2, 0) is 4.79 Å². The third-order valence-electron chi connectivity index (χ3n) is 2.75. The van der Waals surface area contributed by atoms with Crippen molar-refractivity contribution < 1.29 is 23.8 Å². The summed E-state index contributed by atoms with van der Waals surface area (Å²) in [5, 5.41) is 11.4. The van der Waals surface area contributed by atoms with E-state index in [1.54, 1.807) is 20.8 Å². The molecule has 0 bridgehead atoms. The summed E-state index contributed by atoms with van der Waals surface area (Å²) in [4.78, 5) is 24.3. The number of carboxylic acid groups (broad SMARTS) is 1. The van der Waals surface area contributed by atoms with Crippen LogP contribution in [0.25, 0.3) is 0 Å². The second-order valence-electron chi connectivity index (χ2n) is 5.43. The van der Waals surface area contributed by atoms with Crippen molar-refractivity contribution in [2.75, 3.05) is 19.0 Å². The molecule has 0 spiro atoms. The fraction of sp³-hybridized carbons (Fsp3) is 0.429. The molecule has 21 heavy (non-hydrogen) atoms. The average Bonchev–Trinajstić information content (AvgIpc) is 2.36. The lowest BCUT2D eigenvalue weighted by Crippen LogP contribution is -2.50. The number of amides is 2. The molecule has 0 radical (unpaired) electrons. The zero-order valence-electron chi connectivity index (χ0n) is 12.4. The molecule has 1 aromatic rings. The number of halogens is 1. The molecule has 0 aliphatic rings. The Morgan fingerprint density at radius 2 is 2.00 bits per heavy atom. The molecule has 0 unspecified atom stereocenters. The van der Waals surface area contributed by atoms with Gasteiger partial charge in [-0.15, -0.1) is 0 Å². The lowest BCUT2D eigenvalue weighted by molar-refractivity contribution is -0.138. The minimum atomic E-state index is -1.12. The van der Waals surface area contributed by atoms with Gasteiger partial charge in [-0.05, 0) is 32.9 Å². The molecule has 0 saturated carbocycles. The lowest BCUT2D eigenvalue weighted by atomic mass is 10.1. The van der Waals surface area contributed by atoms with E-state index in [2.05, 4.69) is 5.32 Å².